The Morgan fingerprint density at radius 1 is 1.10 bits per heavy atom. The van der Waals surface area contributed by atoms with Gasteiger partial charge in [0, 0.05) is 47.9 Å². The zero-order valence-corrected chi connectivity index (χ0v) is 18.1. The lowest BCUT2D eigenvalue weighted by Crippen LogP contribution is -2.39. The molecule has 1 aliphatic rings. The highest BCUT2D eigenvalue weighted by atomic mass is 35.5. The van der Waals surface area contributed by atoms with E-state index in [4.69, 9.17) is 16.6 Å². The number of imidazole rings is 1. The Labute approximate surface area is 186 Å². The summed E-state index contributed by atoms with van der Waals surface area (Å²) in [4.78, 5) is 24.5. The minimum atomic E-state index is 0.0586. The fourth-order valence-corrected chi connectivity index (χ4v) is 4.53. The standard InChI is InChI=1S/C25H23ClN4O/c1-29-16-27-23-14-18(10-11-24(23)29)25(31)30-12-4-6-19(15-30)22-9-3-8-21(28-22)17-5-2-7-20(26)13-17/h2-3,5,7-11,13-14,16,19H,4,6,12,15H2,1H3/t19-/m1/s1. The zero-order valence-electron chi connectivity index (χ0n) is 17.3. The molecule has 1 saturated heterocycles. The maximum atomic E-state index is 13.2. The van der Waals surface area contributed by atoms with Crippen molar-refractivity contribution in [1.82, 2.24) is 19.4 Å². The Kier molecular flexibility index (Phi) is 5.20. The number of aromatic nitrogens is 3. The van der Waals surface area contributed by atoms with Crippen LogP contribution in [-0.2, 0) is 7.05 Å². The van der Waals surface area contributed by atoms with Crippen molar-refractivity contribution >= 4 is 28.5 Å². The number of halogens is 1. The third kappa shape index (κ3) is 3.93. The molecule has 0 spiro atoms. The molecule has 156 valence electrons. The van der Waals surface area contributed by atoms with E-state index in [1.165, 1.54) is 0 Å². The van der Waals surface area contributed by atoms with E-state index >= 15 is 0 Å². The van der Waals surface area contributed by atoms with Crippen molar-refractivity contribution in [1.29, 1.82) is 0 Å². The fourth-order valence-electron chi connectivity index (χ4n) is 4.34. The van der Waals surface area contributed by atoms with Gasteiger partial charge >= 0.3 is 0 Å². The lowest BCUT2D eigenvalue weighted by molar-refractivity contribution is 0.0706. The molecule has 0 saturated carbocycles. The smallest absolute Gasteiger partial charge is 0.253 e. The van der Waals surface area contributed by atoms with Crippen LogP contribution in [0, 0.1) is 0 Å². The summed E-state index contributed by atoms with van der Waals surface area (Å²) in [5.41, 5.74) is 5.49. The number of benzene rings is 2. The predicted octanol–water partition coefficient (Wildman–Crippen LogP) is 5.31. The molecule has 5 rings (SSSR count). The summed E-state index contributed by atoms with van der Waals surface area (Å²) in [7, 11) is 1.95. The van der Waals surface area contributed by atoms with Gasteiger partial charge in [0.1, 0.15) is 0 Å². The fraction of sp³-hybridized carbons (Fsp3) is 0.240. The second-order valence-corrected chi connectivity index (χ2v) is 8.54. The van der Waals surface area contributed by atoms with Crippen LogP contribution < -0.4 is 0 Å². The van der Waals surface area contributed by atoms with E-state index in [2.05, 4.69) is 11.1 Å². The number of pyridine rings is 1. The lowest BCUT2D eigenvalue weighted by Gasteiger charge is -2.32. The van der Waals surface area contributed by atoms with Crippen LogP contribution in [0.5, 0.6) is 0 Å². The monoisotopic (exact) mass is 430 g/mol. The van der Waals surface area contributed by atoms with Crippen LogP contribution in [0.4, 0.5) is 0 Å². The Morgan fingerprint density at radius 3 is 2.84 bits per heavy atom. The molecular weight excluding hydrogens is 408 g/mol. The third-order valence-electron chi connectivity index (χ3n) is 5.99. The number of likely N-dealkylation sites (tertiary alicyclic amines) is 1. The van der Waals surface area contributed by atoms with Gasteiger partial charge in [-0.2, -0.15) is 0 Å². The molecule has 0 unspecified atom stereocenters. The number of hydrogen-bond donors (Lipinski definition) is 0. The number of hydrogen-bond acceptors (Lipinski definition) is 3. The average Bonchev–Trinajstić information content (AvgIpc) is 3.19. The van der Waals surface area contributed by atoms with Crippen molar-refractivity contribution in [2.45, 2.75) is 18.8 Å². The summed E-state index contributed by atoms with van der Waals surface area (Å²) in [5, 5.41) is 0.698. The van der Waals surface area contributed by atoms with E-state index in [0.717, 1.165) is 47.4 Å². The molecule has 5 nitrogen and oxygen atoms in total. The summed E-state index contributed by atoms with van der Waals surface area (Å²) >= 11 is 6.16. The first kappa shape index (κ1) is 19.8. The van der Waals surface area contributed by atoms with Crippen molar-refractivity contribution < 1.29 is 4.79 Å². The molecule has 1 atom stereocenters. The largest absolute Gasteiger partial charge is 0.338 e. The number of nitrogens with zero attached hydrogens (tertiary/aromatic N) is 4. The molecule has 2 aromatic heterocycles. The molecule has 1 amide bonds. The van der Waals surface area contributed by atoms with Gasteiger partial charge in [0.05, 0.1) is 23.1 Å². The predicted molar refractivity (Wildman–Crippen MR) is 123 cm³/mol. The summed E-state index contributed by atoms with van der Waals surface area (Å²) < 4.78 is 1.96. The van der Waals surface area contributed by atoms with Gasteiger partial charge < -0.3 is 9.47 Å². The van der Waals surface area contributed by atoms with Crippen molar-refractivity contribution in [3.8, 4) is 11.3 Å². The van der Waals surface area contributed by atoms with E-state index in [1.807, 2.05) is 71.1 Å². The van der Waals surface area contributed by atoms with E-state index in [-0.39, 0.29) is 11.8 Å². The minimum absolute atomic E-state index is 0.0586. The Balaban J connectivity index is 1.37. The van der Waals surface area contributed by atoms with Gasteiger partial charge in [-0.3, -0.25) is 9.78 Å². The summed E-state index contributed by atoms with van der Waals surface area (Å²) in [6.45, 7) is 1.44. The second-order valence-electron chi connectivity index (χ2n) is 8.11. The highest BCUT2D eigenvalue weighted by Crippen LogP contribution is 2.29. The number of carbonyl (C=O) groups is 1. The quantitative estimate of drug-likeness (QED) is 0.442. The van der Waals surface area contributed by atoms with Gasteiger partial charge in [-0.15, -0.1) is 0 Å². The van der Waals surface area contributed by atoms with Crippen molar-refractivity contribution in [2.24, 2.45) is 7.05 Å². The van der Waals surface area contributed by atoms with E-state index in [0.29, 0.717) is 17.1 Å². The van der Waals surface area contributed by atoms with Crippen molar-refractivity contribution in [2.75, 3.05) is 13.1 Å². The molecule has 31 heavy (non-hydrogen) atoms. The highest BCUT2D eigenvalue weighted by Gasteiger charge is 2.26. The first-order chi connectivity index (χ1) is 15.1. The third-order valence-corrected chi connectivity index (χ3v) is 6.23. The first-order valence-electron chi connectivity index (χ1n) is 10.5. The Morgan fingerprint density at radius 2 is 1.97 bits per heavy atom. The van der Waals surface area contributed by atoms with Gasteiger partial charge in [0.15, 0.2) is 0 Å². The molecule has 6 heteroatoms. The average molecular weight is 431 g/mol. The van der Waals surface area contributed by atoms with E-state index in [9.17, 15) is 4.79 Å². The maximum Gasteiger partial charge on any atom is 0.253 e. The van der Waals surface area contributed by atoms with Crippen LogP contribution in [0.15, 0.2) is 67.0 Å². The zero-order chi connectivity index (χ0) is 21.4. The van der Waals surface area contributed by atoms with Gasteiger partial charge in [0.25, 0.3) is 5.91 Å². The molecule has 0 bridgehead atoms. The van der Waals surface area contributed by atoms with Crippen LogP contribution in [-0.4, -0.2) is 38.4 Å². The van der Waals surface area contributed by atoms with Gasteiger partial charge in [-0.05, 0) is 55.3 Å². The van der Waals surface area contributed by atoms with E-state index < -0.39 is 0 Å². The number of amides is 1. The van der Waals surface area contributed by atoms with Gasteiger partial charge in [-0.25, -0.2) is 4.98 Å². The lowest BCUT2D eigenvalue weighted by atomic mass is 9.93. The molecule has 3 heterocycles. The number of piperidine rings is 1. The first-order valence-corrected chi connectivity index (χ1v) is 10.9. The van der Waals surface area contributed by atoms with Crippen LogP contribution in [0.25, 0.3) is 22.3 Å². The highest BCUT2D eigenvalue weighted by molar-refractivity contribution is 6.30. The maximum absolute atomic E-state index is 13.2. The van der Waals surface area contributed by atoms with Crippen LogP contribution in [0.2, 0.25) is 5.02 Å². The minimum Gasteiger partial charge on any atom is -0.338 e. The Hall–Kier alpha value is -3.18. The molecule has 2 aromatic carbocycles. The second kappa shape index (κ2) is 8.16. The summed E-state index contributed by atoms with van der Waals surface area (Å²) in [6.07, 6.45) is 3.76. The molecular formula is C25H23ClN4O. The van der Waals surface area contributed by atoms with E-state index in [1.54, 1.807) is 6.33 Å². The SMILES string of the molecule is Cn1cnc2cc(C(=O)N3CCC[C@@H](c4cccc(-c5cccc(Cl)c5)n4)C3)ccc21. The molecule has 0 radical (unpaired) electrons. The summed E-state index contributed by atoms with van der Waals surface area (Å²) in [5.74, 6) is 0.277. The van der Waals surface area contributed by atoms with Crippen molar-refractivity contribution in [3.63, 3.8) is 0 Å². The molecule has 1 aliphatic heterocycles. The number of rotatable bonds is 3. The van der Waals surface area contributed by atoms with Gasteiger partial charge in [-0.1, -0.05) is 29.8 Å². The molecule has 1 fully saturated rings. The summed E-state index contributed by atoms with van der Waals surface area (Å²) in [6, 6.07) is 19.6. The Bertz CT molecular complexity index is 1270. The number of aryl methyl sites for hydroxylation is 1. The van der Waals surface area contributed by atoms with Crippen LogP contribution in [0.3, 0.4) is 0 Å². The van der Waals surface area contributed by atoms with Crippen molar-refractivity contribution in [3.05, 3.63) is 83.3 Å². The van der Waals surface area contributed by atoms with Crippen LogP contribution in [0.1, 0.15) is 34.8 Å². The normalized spacial score (nSPS) is 16.6. The molecule has 0 N–H and O–H groups in total. The number of carbonyl (C=O) groups excluding carboxylic acids is 1. The molecule has 4 aromatic rings. The van der Waals surface area contributed by atoms with Gasteiger partial charge in [0.2, 0.25) is 0 Å². The number of fused-ring (bicyclic) bond motifs is 1. The topological polar surface area (TPSA) is 51.0 Å². The van der Waals surface area contributed by atoms with Crippen LogP contribution >= 0.6 is 11.6 Å². The molecule has 0 aliphatic carbocycles.